The molecule has 0 aromatic carbocycles. The number of halogens is 1. The van der Waals surface area contributed by atoms with Gasteiger partial charge in [-0.2, -0.15) is 0 Å². The minimum Gasteiger partial charge on any atom is -0.381 e. The summed E-state index contributed by atoms with van der Waals surface area (Å²) in [6, 6.07) is 2.61. The quantitative estimate of drug-likeness (QED) is 0.895. The summed E-state index contributed by atoms with van der Waals surface area (Å²) in [6.45, 7) is 6.95. The fraction of sp³-hybridized carbons (Fsp3) is 0.667. The van der Waals surface area contributed by atoms with E-state index in [9.17, 15) is 0 Å². The maximum absolute atomic E-state index is 6.14. The lowest BCUT2D eigenvalue weighted by molar-refractivity contribution is 0.177. The fourth-order valence-corrected chi connectivity index (χ4v) is 3.56. The van der Waals surface area contributed by atoms with Crippen LogP contribution in [0.3, 0.4) is 0 Å². The van der Waals surface area contributed by atoms with Crippen molar-refractivity contribution in [2.24, 2.45) is 5.92 Å². The molecule has 1 aromatic heterocycles. The number of thiophene rings is 1. The molecule has 2 atom stereocenters. The summed E-state index contributed by atoms with van der Waals surface area (Å²) in [5.74, 6) is 0.592. The maximum atomic E-state index is 6.14. The Morgan fingerprint density at radius 3 is 3.00 bits per heavy atom. The van der Waals surface area contributed by atoms with Crippen molar-refractivity contribution in [3.8, 4) is 0 Å². The molecule has 90 valence electrons. The van der Waals surface area contributed by atoms with E-state index in [1.54, 1.807) is 11.3 Å². The molecule has 1 fully saturated rings. The molecule has 0 spiro atoms. The molecular weight excluding hydrogens is 242 g/mol. The summed E-state index contributed by atoms with van der Waals surface area (Å²) in [5, 5.41) is 3.55. The van der Waals surface area contributed by atoms with Gasteiger partial charge in [0.15, 0.2) is 0 Å². The number of rotatable bonds is 4. The molecule has 1 N–H and O–H groups in total. The van der Waals surface area contributed by atoms with E-state index in [1.165, 1.54) is 10.4 Å². The van der Waals surface area contributed by atoms with E-state index < -0.39 is 0 Å². The molecule has 1 aliphatic heterocycles. The van der Waals surface area contributed by atoms with Gasteiger partial charge in [0.2, 0.25) is 0 Å². The predicted molar refractivity (Wildman–Crippen MR) is 69.4 cm³/mol. The lowest BCUT2D eigenvalue weighted by Gasteiger charge is -2.21. The highest BCUT2D eigenvalue weighted by atomic mass is 35.5. The van der Waals surface area contributed by atoms with E-state index in [0.717, 1.165) is 30.5 Å². The van der Waals surface area contributed by atoms with Crippen LogP contribution in [0.1, 0.15) is 29.8 Å². The van der Waals surface area contributed by atoms with Crippen molar-refractivity contribution in [2.45, 2.75) is 26.3 Å². The van der Waals surface area contributed by atoms with Gasteiger partial charge >= 0.3 is 0 Å². The van der Waals surface area contributed by atoms with Gasteiger partial charge in [-0.1, -0.05) is 18.5 Å². The summed E-state index contributed by atoms with van der Waals surface area (Å²) in [6.07, 6.45) is 1.15. The van der Waals surface area contributed by atoms with Gasteiger partial charge in [-0.3, -0.25) is 0 Å². The third kappa shape index (κ3) is 2.59. The first-order chi connectivity index (χ1) is 7.72. The SMILES string of the molecule is CCNC(c1cc(C)c(Cl)s1)C1CCOC1. The van der Waals surface area contributed by atoms with Crippen molar-refractivity contribution in [1.82, 2.24) is 5.32 Å². The topological polar surface area (TPSA) is 21.3 Å². The van der Waals surface area contributed by atoms with Gasteiger partial charge in [-0.15, -0.1) is 11.3 Å². The summed E-state index contributed by atoms with van der Waals surface area (Å²) in [4.78, 5) is 1.35. The highest BCUT2D eigenvalue weighted by molar-refractivity contribution is 7.16. The Morgan fingerprint density at radius 1 is 1.69 bits per heavy atom. The van der Waals surface area contributed by atoms with Crippen LogP contribution in [0.4, 0.5) is 0 Å². The third-order valence-electron chi connectivity index (χ3n) is 3.04. The smallest absolute Gasteiger partial charge is 0.0960 e. The Balaban J connectivity index is 2.17. The monoisotopic (exact) mass is 259 g/mol. The van der Waals surface area contributed by atoms with Crippen LogP contribution in [0.25, 0.3) is 0 Å². The molecule has 2 unspecified atom stereocenters. The number of nitrogens with one attached hydrogen (secondary N) is 1. The Hall–Kier alpha value is -0.0900. The molecule has 1 saturated heterocycles. The minimum absolute atomic E-state index is 0.406. The molecule has 1 aliphatic rings. The fourth-order valence-electron chi connectivity index (χ4n) is 2.17. The zero-order valence-electron chi connectivity index (χ0n) is 9.75. The maximum Gasteiger partial charge on any atom is 0.0960 e. The van der Waals surface area contributed by atoms with Gasteiger partial charge in [0.05, 0.1) is 10.9 Å². The minimum atomic E-state index is 0.406. The van der Waals surface area contributed by atoms with Crippen LogP contribution in [0.5, 0.6) is 0 Å². The molecule has 0 amide bonds. The van der Waals surface area contributed by atoms with Crippen molar-refractivity contribution < 1.29 is 4.74 Å². The molecule has 0 bridgehead atoms. The Morgan fingerprint density at radius 2 is 2.50 bits per heavy atom. The van der Waals surface area contributed by atoms with E-state index in [4.69, 9.17) is 16.3 Å². The largest absolute Gasteiger partial charge is 0.381 e. The molecule has 2 rings (SSSR count). The van der Waals surface area contributed by atoms with Crippen molar-refractivity contribution in [2.75, 3.05) is 19.8 Å². The molecule has 1 aromatic rings. The molecule has 0 saturated carbocycles. The van der Waals surface area contributed by atoms with E-state index in [-0.39, 0.29) is 0 Å². The van der Waals surface area contributed by atoms with Crippen LogP contribution in [-0.4, -0.2) is 19.8 Å². The summed E-state index contributed by atoms with van der Waals surface area (Å²) in [7, 11) is 0. The van der Waals surface area contributed by atoms with Crippen LogP contribution in [0.15, 0.2) is 6.07 Å². The second-order valence-corrected chi connectivity index (χ2v) is 5.95. The first-order valence-electron chi connectivity index (χ1n) is 5.79. The van der Waals surface area contributed by atoms with E-state index in [0.29, 0.717) is 12.0 Å². The Kier molecular flexibility index (Phi) is 4.25. The van der Waals surface area contributed by atoms with Crippen LogP contribution < -0.4 is 5.32 Å². The molecule has 0 radical (unpaired) electrons. The standard InChI is InChI=1S/C12H18ClNOS/c1-3-14-11(9-4-5-15-7-9)10-6-8(2)12(13)16-10/h6,9,11,14H,3-5,7H2,1-2H3. The van der Waals surface area contributed by atoms with E-state index >= 15 is 0 Å². The zero-order chi connectivity index (χ0) is 11.5. The number of aryl methyl sites for hydroxylation is 1. The molecular formula is C12H18ClNOS. The highest BCUT2D eigenvalue weighted by Gasteiger charge is 2.27. The van der Waals surface area contributed by atoms with Crippen molar-refractivity contribution >= 4 is 22.9 Å². The number of hydrogen-bond donors (Lipinski definition) is 1. The first-order valence-corrected chi connectivity index (χ1v) is 6.98. The van der Waals surface area contributed by atoms with Crippen molar-refractivity contribution in [3.05, 3.63) is 20.8 Å². The summed E-state index contributed by atoms with van der Waals surface area (Å²) >= 11 is 7.84. The predicted octanol–water partition coefficient (Wildman–Crippen LogP) is 3.40. The number of hydrogen-bond acceptors (Lipinski definition) is 3. The van der Waals surface area contributed by atoms with Gasteiger partial charge < -0.3 is 10.1 Å². The Bertz CT molecular complexity index is 327. The average molecular weight is 260 g/mol. The average Bonchev–Trinajstić information content (AvgIpc) is 2.86. The highest BCUT2D eigenvalue weighted by Crippen LogP contribution is 2.36. The van der Waals surface area contributed by atoms with E-state index in [2.05, 4.69) is 25.2 Å². The third-order valence-corrected chi connectivity index (χ3v) is 4.68. The Labute approximate surface area is 106 Å². The molecule has 2 nitrogen and oxygen atoms in total. The van der Waals surface area contributed by atoms with Gasteiger partial charge in [0, 0.05) is 23.4 Å². The lowest BCUT2D eigenvalue weighted by atomic mass is 9.97. The normalized spacial score (nSPS) is 22.6. The second-order valence-electron chi connectivity index (χ2n) is 4.26. The van der Waals surface area contributed by atoms with Crippen molar-refractivity contribution in [3.63, 3.8) is 0 Å². The summed E-state index contributed by atoms with van der Waals surface area (Å²) in [5.41, 5.74) is 1.18. The van der Waals surface area contributed by atoms with Gasteiger partial charge in [-0.05, 0) is 31.5 Å². The van der Waals surface area contributed by atoms with Crippen LogP contribution in [-0.2, 0) is 4.74 Å². The second kappa shape index (κ2) is 5.50. The number of ether oxygens (including phenoxy) is 1. The lowest BCUT2D eigenvalue weighted by Crippen LogP contribution is -2.27. The van der Waals surface area contributed by atoms with Gasteiger partial charge in [0.25, 0.3) is 0 Å². The molecule has 16 heavy (non-hydrogen) atoms. The molecule has 4 heteroatoms. The zero-order valence-corrected chi connectivity index (χ0v) is 11.3. The van der Waals surface area contributed by atoms with E-state index in [1.807, 2.05) is 0 Å². The van der Waals surface area contributed by atoms with Crippen LogP contribution >= 0.6 is 22.9 Å². The van der Waals surface area contributed by atoms with Gasteiger partial charge in [-0.25, -0.2) is 0 Å². The van der Waals surface area contributed by atoms with Crippen LogP contribution in [0, 0.1) is 12.8 Å². The van der Waals surface area contributed by atoms with Gasteiger partial charge in [0.1, 0.15) is 0 Å². The molecule has 0 aliphatic carbocycles. The first kappa shape index (κ1) is 12.4. The molecule has 2 heterocycles. The van der Waals surface area contributed by atoms with Crippen molar-refractivity contribution in [1.29, 1.82) is 0 Å². The summed E-state index contributed by atoms with van der Waals surface area (Å²) < 4.78 is 6.39. The van der Waals surface area contributed by atoms with Crippen LogP contribution in [0.2, 0.25) is 4.34 Å².